The number of hydrogen-bond donors (Lipinski definition) is 0. The highest BCUT2D eigenvalue weighted by Crippen LogP contribution is 2.00. The van der Waals surface area contributed by atoms with E-state index in [1.165, 1.54) is 11.8 Å². The molecule has 0 fully saturated rings. The molecule has 0 saturated carbocycles. The van der Waals surface area contributed by atoms with Crippen molar-refractivity contribution in [3.05, 3.63) is 11.9 Å². The lowest BCUT2D eigenvalue weighted by Gasteiger charge is -2.13. The quantitative estimate of drug-likeness (QED) is 0.556. The summed E-state index contributed by atoms with van der Waals surface area (Å²) in [5, 5.41) is 0. The van der Waals surface area contributed by atoms with Crippen molar-refractivity contribution < 1.29 is 4.79 Å². The molecule has 64 valence electrons. The molecule has 0 aliphatic carbocycles. The molecule has 0 aromatic heterocycles. The number of carbonyl (C=O) groups is 1. The van der Waals surface area contributed by atoms with Crippen LogP contribution in [-0.4, -0.2) is 36.8 Å². The number of hydrogen-bond acceptors (Lipinski definition) is 3. The summed E-state index contributed by atoms with van der Waals surface area (Å²) in [4.78, 5) is 20.4. The molecule has 0 radical (unpaired) electrons. The molecule has 0 aromatic carbocycles. The third-order valence-corrected chi connectivity index (χ3v) is 1.58. The Morgan fingerprint density at radius 2 is 2.42 bits per heavy atom. The minimum absolute atomic E-state index is 0.0233. The van der Waals surface area contributed by atoms with Gasteiger partial charge in [-0.05, 0) is 0 Å². The van der Waals surface area contributed by atoms with Crippen LogP contribution < -0.4 is 0 Å². The van der Waals surface area contributed by atoms with Crippen LogP contribution >= 0.6 is 0 Å². The lowest BCUT2D eigenvalue weighted by Crippen LogP contribution is -2.23. The van der Waals surface area contributed by atoms with Crippen molar-refractivity contribution in [3.63, 3.8) is 0 Å². The Morgan fingerprint density at radius 3 is 3.08 bits per heavy atom. The number of rotatable bonds is 1. The van der Waals surface area contributed by atoms with E-state index in [1.807, 2.05) is 0 Å². The molecule has 0 saturated heterocycles. The molecule has 1 aliphatic rings. The summed E-state index contributed by atoms with van der Waals surface area (Å²) >= 11 is 0. The number of aliphatic imine (C=N–C) groups is 2. The van der Waals surface area contributed by atoms with E-state index in [-0.39, 0.29) is 5.91 Å². The van der Waals surface area contributed by atoms with Gasteiger partial charge in [0.25, 0.3) is 0 Å². The molecule has 4 nitrogen and oxygen atoms in total. The highest BCUT2D eigenvalue weighted by atomic mass is 16.2. The standard InChI is InChI=1S/C8H11N3O/c1-7(12)11(2)8-5-9-3-4-10-6-8/h3,5-6H,4H2,1-2H3. The molecule has 1 amide bonds. The van der Waals surface area contributed by atoms with Crippen LogP contribution in [0.15, 0.2) is 21.9 Å². The van der Waals surface area contributed by atoms with Crippen molar-refractivity contribution in [2.45, 2.75) is 6.92 Å². The van der Waals surface area contributed by atoms with E-state index in [0.29, 0.717) is 6.54 Å². The van der Waals surface area contributed by atoms with Crippen LogP contribution in [0.2, 0.25) is 0 Å². The fraction of sp³-hybridized carbons (Fsp3) is 0.375. The maximum Gasteiger partial charge on any atom is 0.223 e. The minimum Gasteiger partial charge on any atom is -0.313 e. The van der Waals surface area contributed by atoms with Crippen LogP contribution in [0.5, 0.6) is 0 Å². The van der Waals surface area contributed by atoms with Gasteiger partial charge in [0.1, 0.15) is 0 Å². The maximum atomic E-state index is 10.9. The zero-order valence-electron chi connectivity index (χ0n) is 7.19. The first-order chi connectivity index (χ1) is 5.72. The Balaban J connectivity index is 2.79. The Hall–Kier alpha value is -1.45. The molecular weight excluding hydrogens is 154 g/mol. The van der Waals surface area contributed by atoms with Crippen LogP contribution in [0.25, 0.3) is 0 Å². The molecule has 0 atom stereocenters. The highest BCUT2D eigenvalue weighted by Gasteiger charge is 2.06. The summed E-state index contributed by atoms with van der Waals surface area (Å²) in [6.45, 7) is 2.08. The largest absolute Gasteiger partial charge is 0.313 e. The number of allylic oxidation sites excluding steroid dienone is 1. The fourth-order valence-corrected chi connectivity index (χ4v) is 0.758. The van der Waals surface area contributed by atoms with Crippen molar-refractivity contribution in [3.8, 4) is 0 Å². The number of nitrogens with zero attached hydrogens (tertiary/aromatic N) is 3. The van der Waals surface area contributed by atoms with Crippen LogP contribution in [0.1, 0.15) is 6.92 Å². The molecule has 1 heterocycles. The van der Waals surface area contributed by atoms with E-state index < -0.39 is 0 Å². The summed E-state index contributed by atoms with van der Waals surface area (Å²) in [6, 6.07) is 0. The molecule has 0 N–H and O–H groups in total. The molecule has 0 aromatic rings. The molecule has 0 spiro atoms. The topological polar surface area (TPSA) is 45.0 Å². The summed E-state index contributed by atoms with van der Waals surface area (Å²) in [5.41, 5.74) is 0.719. The lowest BCUT2D eigenvalue weighted by atomic mass is 10.4. The highest BCUT2D eigenvalue weighted by molar-refractivity contribution is 5.88. The summed E-state index contributed by atoms with van der Waals surface area (Å²) in [5.74, 6) is -0.0233. The van der Waals surface area contributed by atoms with Gasteiger partial charge in [-0.2, -0.15) is 0 Å². The van der Waals surface area contributed by atoms with Gasteiger partial charge in [0.15, 0.2) is 0 Å². The molecular formula is C8H11N3O. The predicted molar refractivity (Wildman–Crippen MR) is 48.4 cm³/mol. The van der Waals surface area contributed by atoms with Gasteiger partial charge in [0, 0.05) is 26.4 Å². The molecule has 0 bridgehead atoms. The Labute approximate surface area is 71.3 Å². The third kappa shape index (κ3) is 2.02. The first kappa shape index (κ1) is 8.64. The van der Waals surface area contributed by atoms with Gasteiger partial charge in [-0.3, -0.25) is 14.8 Å². The normalized spacial score (nSPS) is 15.3. The second-order valence-corrected chi connectivity index (χ2v) is 2.46. The van der Waals surface area contributed by atoms with Gasteiger partial charge in [0.2, 0.25) is 5.91 Å². The SMILES string of the molecule is CC(=O)N(C)C1=CN=CCN=C1. The zero-order valence-corrected chi connectivity index (χ0v) is 7.19. The van der Waals surface area contributed by atoms with Crippen molar-refractivity contribution in [2.75, 3.05) is 13.6 Å². The van der Waals surface area contributed by atoms with E-state index >= 15 is 0 Å². The van der Waals surface area contributed by atoms with Gasteiger partial charge < -0.3 is 4.90 Å². The lowest BCUT2D eigenvalue weighted by molar-refractivity contribution is -0.125. The minimum atomic E-state index is -0.0233. The van der Waals surface area contributed by atoms with E-state index in [9.17, 15) is 4.79 Å². The van der Waals surface area contributed by atoms with Crippen LogP contribution in [0.4, 0.5) is 0 Å². The zero-order chi connectivity index (χ0) is 8.97. The van der Waals surface area contributed by atoms with Crippen LogP contribution in [0.3, 0.4) is 0 Å². The third-order valence-electron chi connectivity index (χ3n) is 1.58. The maximum absolute atomic E-state index is 10.9. The van der Waals surface area contributed by atoms with Gasteiger partial charge in [0.05, 0.1) is 18.4 Å². The van der Waals surface area contributed by atoms with Crippen LogP contribution in [-0.2, 0) is 4.79 Å². The molecule has 4 heteroatoms. The molecule has 1 aliphatic heterocycles. The van der Waals surface area contributed by atoms with Gasteiger partial charge in [-0.25, -0.2) is 0 Å². The summed E-state index contributed by atoms with van der Waals surface area (Å²) in [6.07, 6.45) is 4.96. The fourth-order valence-electron chi connectivity index (χ4n) is 0.758. The molecule has 1 rings (SSSR count). The first-order valence-corrected chi connectivity index (χ1v) is 3.67. The van der Waals surface area contributed by atoms with Gasteiger partial charge in [-0.1, -0.05) is 0 Å². The Morgan fingerprint density at radius 1 is 1.67 bits per heavy atom. The predicted octanol–water partition coefficient (Wildman–Crippen LogP) is 0.461. The van der Waals surface area contributed by atoms with E-state index in [4.69, 9.17) is 0 Å². The van der Waals surface area contributed by atoms with Gasteiger partial charge >= 0.3 is 0 Å². The average molecular weight is 165 g/mol. The van der Waals surface area contributed by atoms with E-state index in [0.717, 1.165) is 5.70 Å². The van der Waals surface area contributed by atoms with Crippen molar-refractivity contribution >= 4 is 18.3 Å². The van der Waals surface area contributed by atoms with Crippen molar-refractivity contribution in [1.29, 1.82) is 0 Å². The van der Waals surface area contributed by atoms with Crippen molar-refractivity contribution in [1.82, 2.24) is 4.90 Å². The van der Waals surface area contributed by atoms with E-state index in [2.05, 4.69) is 9.98 Å². The van der Waals surface area contributed by atoms with Crippen LogP contribution in [0, 0.1) is 0 Å². The van der Waals surface area contributed by atoms with Crippen molar-refractivity contribution in [2.24, 2.45) is 9.98 Å². The second kappa shape index (κ2) is 3.80. The number of carbonyl (C=O) groups excluding carboxylic acids is 1. The Bertz CT molecular complexity index is 265. The number of amides is 1. The Kier molecular flexibility index (Phi) is 2.74. The monoisotopic (exact) mass is 165 g/mol. The van der Waals surface area contributed by atoms with E-state index in [1.54, 1.807) is 25.7 Å². The summed E-state index contributed by atoms with van der Waals surface area (Å²) in [7, 11) is 1.70. The molecule has 0 unspecified atom stereocenters. The first-order valence-electron chi connectivity index (χ1n) is 3.67. The van der Waals surface area contributed by atoms with Gasteiger partial charge in [-0.15, -0.1) is 0 Å². The summed E-state index contributed by atoms with van der Waals surface area (Å²) < 4.78 is 0. The molecule has 12 heavy (non-hydrogen) atoms. The second-order valence-electron chi connectivity index (χ2n) is 2.46. The smallest absolute Gasteiger partial charge is 0.223 e. The average Bonchev–Trinajstić information content (AvgIpc) is 2.30.